The smallest absolute Gasteiger partial charge is 0.162 e. The first-order chi connectivity index (χ1) is 8.43. The second-order valence-corrected chi connectivity index (χ2v) is 6.50. The Labute approximate surface area is 116 Å². The van der Waals surface area contributed by atoms with Crippen LogP contribution in [0.25, 0.3) is 0 Å². The highest BCUT2D eigenvalue weighted by molar-refractivity contribution is 9.10. The maximum atomic E-state index is 9.26. The molecule has 0 saturated heterocycles. The lowest BCUT2D eigenvalue weighted by atomic mass is 9.97. The topological polar surface area (TPSA) is 38.7 Å². The minimum Gasteiger partial charge on any atom is -0.489 e. The molecule has 0 radical (unpaired) electrons. The molecule has 0 spiro atoms. The molecule has 1 aliphatic rings. The second kappa shape index (κ2) is 5.10. The molecule has 18 heavy (non-hydrogen) atoms. The van der Waals surface area contributed by atoms with Crippen molar-refractivity contribution in [2.75, 3.05) is 19.8 Å². The molecule has 2 rings (SSSR count). The Morgan fingerprint density at radius 2 is 1.83 bits per heavy atom. The van der Waals surface area contributed by atoms with Gasteiger partial charge in [0.25, 0.3) is 0 Å². The van der Waals surface area contributed by atoms with Crippen LogP contribution in [0.15, 0.2) is 16.6 Å². The first-order valence-electron chi connectivity index (χ1n) is 6.13. The van der Waals surface area contributed by atoms with Crippen LogP contribution in [0.3, 0.4) is 0 Å². The van der Waals surface area contributed by atoms with Gasteiger partial charge in [-0.25, -0.2) is 0 Å². The zero-order chi connectivity index (χ0) is 13.3. The molecule has 0 saturated carbocycles. The van der Waals surface area contributed by atoms with Crippen LogP contribution in [0.4, 0.5) is 0 Å². The number of halogens is 1. The average molecular weight is 315 g/mol. The van der Waals surface area contributed by atoms with Crippen LogP contribution in [0, 0.1) is 5.41 Å². The van der Waals surface area contributed by atoms with Gasteiger partial charge in [-0.05, 0) is 17.7 Å². The lowest BCUT2D eigenvalue weighted by Gasteiger charge is -2.19. The quantitative estimate of drug-likeness (QED) is 0.910. The Kier molecular flexibility index (Phi) is 3.87. The normalized spacial score (nSPS) is 19.2. The van der Waals surface area contributed by atoms with Crippen molar-refractivity contribution in [3.63, 3.8) is 0 Å². The molecule has 1 heterocycles. The van der Waals surface area contributed by atoms with Crippen LogP contribution in [0.1, 0.15) is 32.3 Å². The summed E-state index contributed by atoms with van der Waals surface area (Å²) in [7, 11) is 0. The Morgan fingerprint density at radius 3 is 2.39 bits per heavy atom. The third kappa shape index (κ3) is 2.81. The summed E-state index contributed by atoms with van der Waals surface area (Å²) in [6, 6.07) is 3.89. The summed E-state index contributed by atoms with van der Waals surface area (Å²) in [5.74, 6) is 1.60. The molecule has 1 atom stereocenters. The van der Waals surface area contributed by atoms with E-state index in [0.29, 0.717) is 13.2 Å². The van der Waals surface area contributed by atoms with Crippen molar-refractivity contribution in [3.8, 4) is 11.5 Å². The van der Waals surface area contributed by atoms with Gasteiger partial charge in [-0.2, -0.15) is 0 Å². The number of benzene rings is 1. The summed E-state index contributed by atoms with van der Waals surface area (Å²) < 4.78 is 12.6. The van der Waals surface area contributed by atoms with E-state index >= 15 is 0 Å². The summed E-state index contributed by atoms with van der Waals surface area (Å²) in [5, 5.41) is 9.26. The van der Waals surface area contributed by atoms with Gasteiger partial charge >= 0.3 is 0 Å². The molecular weight excluding hydrogens is 296 g/mol. The van der Waals surface area contributed by atoms with Crippen molar-refractivity contribution >= 4 is 15.9 Å². The zero-order valence-corrected chi connectivity index (χ0v) is 12.6. The Balaban J connectivity index is 2.35. The number of aliphatic hydroxyl groups is 1. The molecule has 0 fully saturated rings. The molecule has 0 aromatic heterocycles. The monoisotopic (exact) mass is 314 g/mol. The predicted molar refractivity (Wildman–Crippen MR) is 74.4 cm³/mol. The van der Waals surface area contributed by atoms with Gasteiger partial charge in [-0.15, -0.1) is 0 Å². The van der Waals surface area contributed by atoms with Gasteiger partial charge in [0.15, 0.2) is 11.5 Å². The van der Waals surface area contributed by atoms with E-state index in [1.54, 1.807) is 0 Å². The van der Waals surface area contributed by atoms with Crippen LogP contribution in [-0.4, -0.2) is 24.9 Å². The number of hydrogen-bond acceptors (Lipinski definition) is 3. The van der Waals surface area contributed by atoms with E-state index in [1.165, 1.54) is 0 Å². The summed E-state index contributed by atoms with van der Waals surface area (Å²) >= 11 is 3.52. The van der Waals surface area contributed by atoms with Gasteiger partial charge in [-0.3, -0.25) is 0 Å². The lowest BCUT2D eigenvalue weighted by Crippen LogP contribution is -2.26. The first-order valence-corrected chi connectivity index (χ1v) is 6.92. The third-order valence-electron chi connectivity index (χ3n) is 3.10. The Bertz CT molecular complexity index is 443. The van der Waals surface area contributed by atoms with Gasteiger partial charge in [-0.1, -0.05) is 36.7 Å². The van der Waals surface area contributed by atoms with Crippen molar-refractivity contribution in [2.45, 2.75) is 26.7 Å². The standard InChI is InChI=1S/C14H19BrO3/c1-9(6-16)10-4-12-13(5-11(10)15)18-8-14(2,3)7-17-12/h4-5,9,16H,6-8H2,1-3H3. The van der Waals surface area contributed by atoms with Crippen molar-refractivity contribution in [1.29, 1.82) is 0 Å². The van der Waals surface area contributed by atoms with Crippen LogP contribution >= 0.6 is 15.9 Å². The number of hydrogen-bond donors (Lipinski definition) is 1. The molecule has 1 aliphatic heterocycles. The zero-order valence-electron chi connectivity index (χ0n) is 11.0. The predicted octanol–water partition coefficient (Wildman–Crippen LogP) is 3.34. The maximum Gasteiger partial charge on any atom is 0.162 e. The SMILES string of the molecule is CC(CO)c1cc2c(cc1Br)OCC(C)(C)CO2. The van der Waals surface area contributed by atoms with E-state index in [1.807, 2.05) is 19.1 Å². The summed E-state index contributed by atoms with van der Waals surface area (Å²) in [5.41, 5.74) is 1.05. The molecule has 1 N–H and O–H groups in total. The van der Waals surface area contributed by atoms with Crippen molar-refractivity contribution in [2.24, 2.45) is 5.41 Å². The van der Waals surface area contributed by atoms with E-state index in [4.69, 9.17) is 9.47 Å². The number of fused-ring (bicyclic) bond motifs is 1. The number of ether oxygens (including phenoxy) is 2. The minimum atomic E-state index is 0.00819. The van der Waals surface area contributed by atoms with Crippen LogP contribution in [-0.2, 0) is 0 Å². The molecule has 3 nitrogen and oxygen atoms in total. The lowest BCUT2D eigenvalue weighted by molar-refractivity contribution is 0.140. The average Bonchev–Trinajstić information content (AvgIpc) is 2.47. The summed E-state index contributed by atoms with van der Waals surface area (Å²) in [4.78, 5) is 0. The maximum absolute atomic E-state index is 9.26. The fourth-order valence-corrected chi connectivity index (χ4v) is 2.55. The van der Waals surface area contributed by atoms with Crippen LogP contribution < -0.4 is 9.47 Å². The van der Waals surface area contributed by atoms with Gasteiger partial charge in [0, 0.05) is 22.4 Å². The van der Waals surface area contributed by atoms with Crippen LogP contribution in [0.2, 0.25) is 0 Å². The summed E-state index contributed by atoms with van der Waals surface area (Å²) in [6.45, 7) is 7.60. The van der Waals surface area contributed by atoms with E-state index in [0.717, 1.165) is 21.5 Å². The Morgan fingerprint density at radius 1 is 1.28 bits per heavy atom. The van der Waals surface area contributed by atoms with Gasteiger partial charge in [0.05, 0.1) is 13.2 Å². The van der Waals surface area contributed by atoms with Crippen molar-refractivity contribution < 1.29 is 14.6 Å². The van der Waals surface area contributed by atoms with Crippen LogP contribution in [0.5, 0.6) is 11.5 Å². The van der Waals surface area contributed by atoms with Gasteiger partial charge < -0.3 is 14.6 Å². The highest BCUT2D eigenvalue weighted by Gasteiger charge is 2.26. The molecule has 1 unspecified atom stereocenters. The molecule has 0 amide bonds. The highest BCUT2D eigenvalue weighted by atomic mass is 79.9. The Hall–Kier alpha value is -0.740. The minimum absolute atomic E-state index is 0.00819. The number of aliphatic hydroxyl groups excluding tert-OH is 1. The van der Waals surface area contributed by atoms with E-state index < -0.39 is 0 Å². The first kappa shape index (κ1) is 13.7. The summed E-state index contributed by atoms with van der Waals surface area (Å²) in [6.07, 6.45) is 0. The molecule has 4 heteroatoms. The molecular formula is C14H19BrO3. The molecule has 0 bridgehead atoms. The van der Waals surface area contributed by atoms with E-state index in [9.17, 15) is 5.11 Å². The van der Waals surface area contributed by atoms with Crippen molar-refractivity contribution in [1.82, 2.24) is 0 Å². The fraction of sp³-hybridized carbons (Fsp3) is 0.571. The highest BCUT2D eigenvalue weighted by Crippen LogP contribution is 2.39. The fourth-order valence-electron chi connectivity index (χ4n) is 1.84. The van der Waals surface area contributed by atoms with Crippen molar-refractivity contribution in [3.05, 3.63) is 22.2 Å². The molecule has 0 aliphatic carbocycles. The second-order valence-electron chi connectivity index (χ2n) is 5.65. The number of rotatable bonds is 2. The molecule has 1 aromatic carbocycles. The molecule has 1 aromatic rings. The molecule has 100 valence electrons. The van der Waals surface area contributed by atoms with E-state index in [-0.39, 0.29) is 17.9 Å². The largest absolute Gasteiger partial charge is 0.489 e. The van der Waals surface area contributed by atoms with E-state index in [2.05, 4.69) is 29.8 Å². The van der Waals surface area contributed by atoms with Gasteiger partial charge in [0.2, 0.25) is 0 Å². The third-order valence-corrected chi connectivity index (χ3v) is 3.79. The van der Waals surface area contributed by atoms with Gasteiger partial charge in [0.1, 0.15) is 0 Å².